The largest absolute Gasteiger partial charge is 0.495 e. The van der Waals surface area contributed by atoms with E-state index in [2.05, 4.69) is 0 Å². The number of carbonyl (C=O) groups is 1. The Morgan fingerprint density at radius 3 is 2.56 bits per heavy atom. The zero-order chi connectivity index (χ0) is 13.3. The predicted octanol–water partition coefficient (Wildman–Crippen LogP) is 3.42. The van der Waals surface area contributed by atoms with Crippen LogP contribution in [0.1, 0.15) is 37.3 Å². The van der Waals surface area contributed by atoms with Crippen molar-refractivity contribution in [1.29, 1.82) is 0 Å². The lowest BCUT2D eigenvalue weighted by molar-refractivity contribution is -0.147. The number of halogens is 1. The summed E-state index contributed by atoms with van der Waals surface area (Å²) >= 11 is 6.13. The van der Waals surface area contributed by atoms with Gasteiger partial charge in [0.25, 0.3) is 0 Å². The number of methoxy groups -OCH3 is 1. The van der Waals surface area contributed by atoms with E-state index < -0.39 is 11.4 Å². The zero-order valence-corrected chi connectivity index (χ0v) is 11.4. The summed E-state index contributed by atoms with van der Waals surface area (Å²) < 4.78 is 5.19. The first kappa shape index (κ1) is 13.2. The van der Waals surface area contributed by atoms with Crippen LogP contribution < -0.4 is 4.74 Å². The fraction of sp³-hybridized carbons (Fsp3) is 0.500. The Hall–Kier alpha value is -1.22. The smallest absolute Gasteiger partial charge is 0.314 e. The molecule has 3 nitrogen and oxygen atoms in total. The minimum absolute atomic E-state index is 0.484. The highest BCUT2D eigenvalue weighted by Gasteiger charge is 2.47. The molecule has 1 saturated carbocycles. The molecule has 1 aliphatic rings. The number of ether oxygens (including phenoxy) is 1. The van der Waals surface area contributed by atoms with E-state index in [0.29, 0.717) is 23.6 Å². The summed E-state index contributed by atoms with van der Waals surface area (Å²) in [5.41, 5.74) is 1.13. The Bertz CT molecular complexity index is 478. The van der Waals surface area contributed by atoms with E-state index in [0.717, 1.165) is 24.0 Å². The fourth-order valence-electron chi connectivity index (χ4n) is 2.62. The van der Waals surface area contributed by atoms with E-state index in [1.165, 1.54) is 0 Å². The van der Waals surface area contributed by atoms with Gasteiger partial charge in [-0.15, -0.1) is 0 Å². The number of hydrogen-bond acceptors (Lipinski definition) is 2. The number of aliphatic carboxylic acids is 1. The lowest BCUT2D eigenvalue weighted by Crippen LogP contribution is -2.43. The van der Waals surface area contributed by atoms with Crippen molar-refractivity contribution in [3.63, 3.8) is 0 Å². The van der Waals surface area contributed by atoms with Crippen molar-refractivity contribution in [2.24, 2.45) is 0 Å². The van der Waals surface area contributed by atoms with Gasteiger partial charge in [-0.05, 0) is 42.5 Å². The van der Waals surface area contributed by atoms with Crippen molar-refractivity contribution in [2.75, 3.05) is 7.11 Å². The van der Waals surface area contributed by atoms with Crippen molar-refractivity contribution in [2.45, 2.75) is 38.0 Å². The first-order valence-electron chi connectivity index (χ1n) is 6.15. The van der Waals surface area contributed by atoms with Gasteiger partial charge < -0.3 is 9.84 Å². The highest BCUT2D eigenvalue weighted by Crippen LogP contribution is 2.47. The van der Waals surface area contributed by atoms with Crippen LogP contribution in [0.4, 0.5) is 0 Å². The quantitative estimate of drug-likeness (QED) is 0.910. The summed E-state index contributed by atoms with van der Waals surface area (Å²) in [5.74, 6) is -0.137. The zero-order valence-electron chi connectivity index (χ0n) is 10.6. The average molecular weight is 269 g/mol. The van der Waals surface area contributed by atoms with Crippen molar-refractivity contribution >= 4 is 17.6 Å². The van der Waals surface area contributed by atoms with E-state index in [9.17, 15) is 9.90 Å². The topological polar surface area (TPSA) is 46.5 Å². The van der Waals surface area contributed by atoms with E-state index >= 15 is 0 Å². The molecule has 0 unspecified atom stereocenters. The van der Waals surface area contributed by atoms with Gasteiger partial charge in [-0.25, -0.2) is 0 Å². The molecule has 4 heteroatoms. The van der Waals surface area contributed by atoms with E-state index in [1.807, 2.05) is 13.0 Å². The van der Waals surface area contributed by atoms with Crippen LogP contribution in [0.2, 0.25) is 5.02 Å². The van der Waals surface area contributed by atoms with Crippen LogP contribution in [0.5, 0.6) is 5.75 Å². The third-order valence-electron chi connectivity index (χ3n) is 3.89. The second-order valence-corrected chi connectivity index (χ2v) is 5.15. The van der Waals surface area contributed by atoms with Gasteiger partial charge in [0.05, 0.1) is 17.5 Å². The van der Waals surface area contributed by atoms with Crippen LogP contribution in [-0.4, -0.2) is 18.2 Å². The molecular weight excluding hydrogens is 252 g/mol. The summed E-state index contributed by atoms with van der Waals surface area (Å²) in [4.78, 5) is 11.6. The van der Waals surface area contributed by atoms with Gasteiger partial charge in [0.1, 0.15) is 5.75 Å². The number of rotatable bonds is 4. The van der Waals surface area contributed by atoms with Gasteiger partial charge >= 0.3 is 5.97 Å². The Morgan fingerprint density at radius 2 is 2.17 bits per heavy atom. The summed E-state index contributed by atoms with van der Waals surface area (Å²) in [5, 5.41) is 9.98. The third kappa shape index (κ3) is 1.87. The second-order valence-electron chi connectivity index (χ2n) is 4.74. The molecule has 18 heavy (non-hydrogen) atoms. The van der Waals surface area contributed by atoms with Crippen molar-refractivity contribution < 1.29 is 14.6 Å². The lowest BCUT2D eigenvalue weighted by atomic mass is 9.63. The van der Waals surface area contributed by atoms with E-state index in [1.54, 1.807) is 13.2 Å². The van der Waals surface area contributed by atoms with Crippen LogP contribution >= 0.6 is 11.6 Å². The average Bonchev–Trinajstić information content (AvgIpc) is 2.27. The molecule has 0 spiro atoms. The highest BCUT2D eigenvalue weighted by atomic mass is 35.5. The molecule has 1 N–H and O–H groups in total. The molecule has 0 radical (unpaired) electrons. The maximum Gasteiger partial charge on any atom is 0.314 e. The number of aryl methyl sites for hydroxylation is 1. The van der Waals surface area contributed by atoms with Crippen molar-refractivity contribution in [3.05, 3.63) is 28.3 Å². The monoisotopic (exact) mass is 268 g/mol. The summed E-state index contributed by atoms with van der Waals surface area (Å²) in [6.07, 6.45) is 3.12. The van der Waals surface area contributed by atoms with Gasteiger partial charge in [-0.2, -0.15) is 0 Å². The summed E-state index contributed by atoms with van der Waals surface area (Å²) in [6, 6.07) is 3.63. The molecule has 0 aromatic heterocycles. The molecule has 0 saturated heterocycles. The molecule has 2 rings (SSSR count). The molecule has 98 valence electrons. The Balaban J connectivity index is 2.56. The molecule has 0 atom stereocenters. The van der Waals surface area contributed by atoms with Crippen molar-refractivity contribution in [1.82, 2.24) is 0 Å². The normalized spacial score (nSPS) is 17.1. The fourth-order valence-corrected chi connectivity index (χ4v) is 2.86. The first-order valence-corrected chi connectivity index (χ1v) is 6.53. The van der Waals surface area contributed by atoms with Crippen LogP contribution in [-0.2, 0) is 16.6 Å². The minimum atomic E-state index is -0.746. The summed E-state index contributed by atoms with van der Waals surface area (Å²) in [6.45, 7) is 2.01. The van der Waals surface area contributed by atoms with E-state index in [4.69, 9.17) is 16.3 Å². The SMILES string of the molecule is CCc1cc(OC)c(Cl)cc1C1(C(=O)O)CCC1. The maximum atomic E-state index is 11.6. The minimum Gasteiger partial charge on any atom is -0.495 e. The molecule has 1 fully saturated rings. The molecule has 1 aromatic rings. The molecule has 0 heterocycles. The Kier molecular flexibility index (Phi) is 3.53. The van der Waals surface area contributed by atoms with Crippen LogP contribution in [0.25, 0.3) is 0 Å². The molecule has 1 aliphatic carbocycles. The predicted molar refractivity (Wildman–Crippen MR) is 70.5 cm³/mol. The molecule has 0 aliphatic heterocycles. The third-order valence-corrected chi connectivity index (χ3v) is 4.19. The second kappa shape index (κ2) is 4.81. The molecule has 0 bridgehead atoms. The van der Waals surface area contributed by atoms with Crippen molar-refractivity contribution in [3.8, 4) is 5.75 Å². The molecular formula is C14H17ClO3. The van der Waals surface area contributed by atoms with Gasteiger partial charge in [0.2, 0.25) is 0 Å². The Morgan fingerprint density at radius 1 is 1.50 bits per heavy atom. The standard InChI is InChI=1S/C14H17ClO3/c1-3-9-7-12(18-2)11(15)8-10(9)14(13(16)17)5-4-6-14/h7-8H,3-6H2,1-2H3,(H,16,17). The number of carboxylic acid groups (broad SMARTS) is 1. The lowest BCUT2D eigenvalue weighted by Gasteiger charge is -2.39. The van der Waals surface area contributed by atoms with Gasteiger partial charge in [-0.1, -0.05) is 24.9 Å². The van der Waals surface area contributed by atoms with Crippen LogP contribution in [0.3, 0.4) is 0 Å². The maximum absolute atomic E-state index is 11.6. The number of benzene rings is 1. The van der Waals surface area contributed by atoms with Gasteiger partial charge in [0.15, 0.2) is 0 Å². The van der Waals surface area contributed by atoms with Gasteiger partial charge in [-0.3, -0.25) is 4.79 Å². The van der Waals surface area contributed by atoms with E-state index in [-0.39, 0.29) is 0 Å². The molecule has 0 amide bonds. The highest BCUT2D eigenvalue weighted by molar-refractivity contribution is 6.32. The number of hydrogen-bond donors (Lipinski definition) is 1. The van der Waals surface area contributed by atoms with Gasteiger partial charge in [0, 0.05) is 0 Å². The Labute approximate surface area is 112 Å². The van der Waals surface area contributed by atoms with Crippen LogP contribution in [0.15, 0.2) is 12.1 Å². The van der Waals surface area contributed by atoms with Crippen LogP contribution in [0, 0.1) is 0 Å². The summed E-state index contributed by atoms with van der Waals surface area (Å²) in [7, 11) is 1.57. The molecule has 1 aromatic carbocycles. The number of carboxylic acids is 1. The first-order chi connectivity index (χ1) is 8.55.